The van der Waals surface area contributed by atoms with Gasteiger partial charge < -0.3 is 24.6 Å². The zero-order valence-corrected chi connectivity index (χ0v) is 23.8. The Morgan fingerprint density at radius 2 is 1.60 bits per heavy atom. The van der Waals surface area contributed by atoms with E-state index in [4.69, 9.17) is 9.47 Å². The number of hydrogen-bond donors (Lipinski definition) is 1. The van der Waals surface area contributed by atoms with Gasteiger partial charge in [-0.1, -0.05) is 43.0 Å². The lowest BCUT2D eigenvalue weighted by Crippen LogP contribution is -2.49. The van der Waals surface area contributed by atoms with E-state index < -0.39 is 5.60 Å². The molecule has 2 aliphatic rings. The summed E-state index contributed by atoms with van der Waals surface area (Å²) in [4.78, 5) is 16.4. The summed E-state index contributed by atoms with van der Waals surface area (Å²) in [5.41, 5.74) is 6.74. The van der Waals surface area contributed by atoms with E-state index >= 15 is 0 Å². The van der Waals surface area contributed by atoms with Crippen molar-refractivity contribution in [1.29, 1.82) is 0 Å². The fraction of sp³-hybridized carbons (Fsp3) is 0.364. The molecule has 0 aliphatic carbocycles. The predicted octanol–water partition coefficient (Wildman–Crippen LogP) is 6.21. The van der Waals surface area contributed by atoms with Gasteiger partial charge in [-0.15, -0.1) is 0 Å². The van der Waals surface area contributed by atoms with Gasteiger partial charge in [0.2, 0.25) is 0 Å². The average molecular weight is 544 g/mol. The first-order valence-electron chi connectivity index (χ1n) is 13.9. The second kappa shape index (κ2) is 11.3. The predicted molar refractivity (Wildman–Crippen MR) is 158 cm³/mol. The Bertz CT molecular complexity index is 1370. The zero-order valence-electron chi connectivity index (χ0n) is 23.8. The number of ether oxygens (including phenoxy) is 2. The highest BCUT2D eigenvalue weighted by molar-refractivity contribution is 5.81. The second-order valence-corrected chi connectivity index (χ2v) is 11.5. The number of nitrogens with one attached hydrogen (secondary N) is 1. The van der Waals surface area contributed by atoms with Crippen LogP contribution >= 0.6 is 0 Å². The van der Waals surface area contributed by atoms with Gasteiger partial charge in [0.05, 0.1) is 0 Å². The van der Waals surface area contributed by atoms with Gasteiger partial charge in [0.15, 0.2) is 0 Å². The van der Waals surface area contributed by atoms with Crippen LogP contribution in [0.3, 0.4) is 0 Å². The number of hydrogen-bond acceptors (Lipinski definition) is 5. The first-order chi connectivity index (χ1) is 19.1. The standard InChI is InChI=1S/C33H38FN3O3/c1-22(36-14-16-37(17-15-36)32(38)40-33(2,3)4)23-6-8-24(9-7-23)26-18-27-19-29(21-35-5)39-31(27)30(20-26)25-10-12-28(34)13-11-25/h6-13,18,20,29,35H,1,14-17,19,21H2,2-5H3. The Labute approximate surface area is 236 Å². The third-order valence-corrected chi connectivity index (χ3v) is 7.35. The molecular formula is C33H38FN3O3. The number of benzene rings is 3. The molecule has 2 heterocycles. The number of rotatable bonds is 6. The van der Waals surface area contributed by atoms with Crippen molar-refractivity contribution in [3.8, 4) is 28.0 Å². The van der Waals surface area contributed by atoms with Crippen LogP contribution in [0, 0.1) is 5.82 Å². The Morgan fingerprint density at radius 1 is 0.975 bits per heavy atom. The lowest BCUT2D eigenvalue weighted by atomic mass is 9.93. The topological polar surface area (TPSA) is 54.0 Å². The molecule has 0 aromatic heterocycles. The van der Waals surface area contributed by atoms with Crippen LogP contribution in [0.15, 0.2) is 67.2 Å². The fourth-order valence-corrected chi connectivity index (χ4v) is 5.31. The summed E-state index contributed by atoms with van der Waals surface area (Å²) >= 11 is 0. The summed E-state index contributed by atoms with van der Waals surface area (Å²) < 4.78 is 25.5. The summed E-state index contributed by atoms with van der Waals surface area (Å²) in [5.74, 6) is 0.624. The Morgan fingerprint density at radius 3 is 2.23 bits per heavy atom. The molecule has 40 heavy (non-hydrogen) atoms. The molecule has 0 radical (unpaired) electrons. The molecule has 5 rings (SSSR count). The molecule has 2 aliphatic heterocycles. The van der Waals surface area contributed by atoms with Crippen molar-refractivity contribution < 1.29 is 18.7 Å². The number of halogens is 1. The molecule has 1 unspecified atom stereocenters. The van der Waals surface area contributed by atoms with Crippen molar-refractivity contribution in [3.05, 3.63) is 84.2 Å². The zero-order chi connectivity index (χ0) is 28.4. The van der Waals surface area contributed by atoms with Gasteiger partial charge in [-0.05, 0) is 79.9 Å². The van der Waals surface area contributed by atoms with Gasteiger partial charge in [-0.25, -0.2) is 9.18 Å². The SMILES string of the molecule is C=C(c1ccc(-c2cc3c(c(-c4ccc(F)cc4)c2)OC(CNC)C3)cc1)N1CCN(C(=O)OC(C)(C)C)CC1. The van der Waals surface area contributed by atoms with Crippen LogP contribution in [0.4, 0.5) is 9.18 Å². The maximum Gasteiger partial charge on any atom is 0.410 e. The van der Waals surface area contributed by atoms with E-state index in [0.29, 0.717) is 26.2 Å². The van der Waals surface area contributed by atoms with Crippen molar-refractivity contribution >= 4 is 11.8 Å². The quantitative estimate of drug-likeness (QED) is 0.401. The van der Waals surface area contributed by atoms with Crippen LogP contribution in [0.2, 0.25) is 0 Å². The average Bonchev–Trinajstić information content (AvgIpc) is 3.35. The third kappa shape index (κ3) is 6.15. The molecule has 210 valence electrons. The molecule has 0 bridgehead atoms. The van der Waals surface area contributed by atoms with Crippen LogP contribution in [0.1, 0.15) is 31.9 Å². The molecule has 1 fully saturated rings. The Balaban J connectivity index is 1.33. The van der Waals surface area contributed by atoms with E-state index in [1.807, 2.05) is 27.8 Å². The molecule has 1 atom stereocenters. The smallest absolute Gasteiger partial charge is 0.410 e. The van der Waals surface area contributed by atoms with E-state index in [9.17, 15) is 9.18 Å². The highest BCUT2D eigenvalue weighted by Gasteiger charge is 2.28. The molecule has 7 heteroatoms. The number of piperazine rings is 1. The van der Waals surface area contributed by atoms with Crippen LogP contribution in [0.5, 0.6) is 5.75 Å². The molecule has 6 nitrogen and oxygen atoms in total. The van der Waals surface area contributed by atoms with E-state index in [1.54, 1.807) is 17.0 Å². The summed E-state index contributed by atoms with van der Waals surface area (Å²) in [6, 6.07) is 19.4. The number of likely N-dealkylation sites (N-methyl/N-ethyl adjacent to an activating group) is 1. The Kier molecular flexibility index (Phi) is 7.86. The molecule has 1 N–H and O–H groups in total. The highest BCUT2D eigenvalue weighted by atomic mass is 19.1. The summed E-state index contributed by atoms with van der Waals surface area (Å²) in [7, 11) is 1.93. The molecular weight excluding hydrogens is 505 g/mol. The molecule has 1 amide bonds. The van der Waals surface area contributed by atoms with E-state index in [2.05, 4.69) is 53.2 Å². The second-order valence-electron chi connectivity index (χ2n) is 11.5. The lowest BCUT2D eigenvalue weighted by molar-refractivity contribution is 0.0182. The number of amides is 1. The maximum atomic E-state index is 13.7. The van der Waals surface area contributed by atoms with Crippen molar-refractivity contribution in [1.82, 2.24) is 15.1 Å². The van der Waals surface area contributed by atoms with Crippen molar-refractivity contribution in [2.45, 2.75) is 38.9 Å². The van der Waals surface area contributed by atoms with Gasteiger partial charge in [-0.3, -0.25) is 0 Å². The van der Waals surface area contributed by atoms with Gasteiger partial charge >= 0.3 is 6.09 Å². The van der Waals surface area contributed by atoms with E-state index in [-0.39, 0.29) is 18.0 Å². The summed E-state index contributed by atoms with van der Waals surface area (Å²) in [6.45, 7) is 13.4. The van der Waals surface area contributed by atoms with Gasteiger partial charge in [0, 0.05) is 50.4 Å². The van der Waals surface area contributed by atoms with Gasteiger partial charge in [-0.2, -0.15) is 0 Å². The number of carbonyl (C=O) groups excluding carboxylic acids is 1. The third-order valence-electron chi connectivity index (χ3n) is 7.35. The molecule has 0 saturated carbocycles. The monoisotopic (exact) mass is 543 g/mol. The highest BCUT2D eigenvalue weighted by Crippen LogP contribution is 2.42. The van der Waals surface area contributed by atoms with Gasteiger partial charge in [0.1, 0.15) is 23.3 Å². The van der Waals surface area contributed by atoms with Crippen LogP contribution in [0.25, 0.3) is 28.0 Å². The first kappa shape index (κ1) is 27.7. The maximum absolute atomic E-state index is 13.7. The fourth-order valence-electron chi connectivity index (χ4n) is 5.31. The minimum atomic E-state index is -0.500. The normalized spacial score (nSPS) is 16.9. The minimum absolute atomic E-state index is 0.0657. The molecule has 3 aromatic carbocycles. The number of fused-ring (bicyclic) bond motifs is 1. The van der Waals surface area contributed by atoms with Gasteiger partial charge in [0.25, 0.3) is 0 Å². The molecule has 1 saturated heterocycles. The summed E-state index contributed by atoms with van der Waals surface area (Å²) in [5, 5.41) is 3.21. The Hall–Kier alpha value is -3.84. The molecule has 0 spiro atoms. The van der Waals surface area contributed by atoms with Crippen molar-refractivity contribution in [2.75, 3.05) is 39.8 Å². The minimum Gasteiger partial charge on any atom is -0.488 e. The summed E-state index contributed by atoms with van der Waals surface area (Å²) in [6.07, 6.45) is 0.623. The largest absolute Gasteiger partial charge is 0.488 e. The van der Waals surface area contributed by atoms with E-state index in [0.717, 1.165) is 57.8 Å². The number of carbonyl (C=O) groups is 1. The first-order valence-corrected chi connectivity index (χ1v) is 13.9. The molecule has 3 aromatic rings. The van der Waals surface area contributed by atoms with Crippen LogP contribution in [-0.2, 0) is 11.2 Å². The van der Waals surface area contributed by atoms with E-state index in [1.165, 1.54) is 12.1 Å². The lowest BCUT2D eigenvalue weighted by Gasteiger charge is -2.37. The number of nitrogens with zero attached hydrogens (tertiary/aromatic N) is 2. The van der Waals surface area contributed by atoms with Crippen molar-refractivity contribution in [3.63, 3.8) is 0 Å². The van der Waals surface area contributed by atoms with Crippen LogP contribution in [-0.4, -0.2) is 67.4 Å². The van der Waals surface area contributed by atoms with Crippen LogP contribution < -0.4 is 10.1 Å². The van der Waals surface area contributed by atoms with Crippen molar-refractivity contribution in [2.24, 2.45) is 0 Å².